The minimum absolute atomic E-state index is 0.378. The second kappa shape index (κ2) is 6.78. The van der Waals surface area contributed by atoms with Crippen molar-refractivity contribution in [3.05, 3.63) is 29.8 Å². The highest BCUT2D eigenvalue weighted by atomic mass is 16.6. The van der Waals surface area contributed by atoms with E-state index in [4.69, 9.17) is 9.47 Å². The lowest BCUT2D eigenvalue weighted by molar-refractivity contribution is -0.148. The van der Waals surface area contributed by atoms with Crippen molar-refractivity contribution in [3.8, 4) is 5.75 Å². The quantitative estimate of drug-likeness (QED) is 0.763. The molecule has 5 heteroatoms. The Balaban J connectivity index is 2.71. The zero-order valence-electron chi connectivity index (χ0n) is 11.5. The maximum atomic E-state index is 11.9. The van der Waals surface area contributed by atoms with Gasteiger partial charge in [0, 0.05) is 0 Å². The van der Waals surface area contributed by atoms with Gasteiger partial charge in [0.2, 0.25) is 0 Å². The molecule has 0 N–H and O–H groups in total. The summed E-state index contributed by atoms with van der Waals surface area (Å²) in [6.45, 7) is 3.30. The molecule has 0 aliphatic heterocycles. The lowest BCUT2D eigenvalue weighted by Crippen LogP contribution is -2.29. The molecule has 0 bridgehead atoms. The van der Waals surface area contributed by atoms with Crippen LogP contribution in [-0.2, 0) is 14.3 Å². The number of carbonyl (C=O) groups is 2. The highest BCUT2D eigenvalue weighted by Crippen LogP contribution is 2.16. The number of rotatable bonds is 5. The summed E-state index contributed by atoms with van der Waals surface area (Å²) in [6, 6.07) is 6.64. The van der Waals surface area contributed by atoms with Crippen LogP contribution >= 0.6 is 0 Å². The van der Waals surface area contributed by atoms with E-state index in [0.29, 0.717) is 11.3 Å². The first-order valence-corrected chi connectivity index (χ1v) is 5.92. The summed E-state index contributed by atoms with van der Waals surface area (Å²) in [5.41, 5.74) is 0.378. The Hall–Kier alpha value is -2.04. The molecular weight excluding hydrogens is 248 g/mol. The molecule has 1 rings (SSSR count). The average molecular weight is 266 g/mol. The molecule has 0 aromatic heterocycles. The van der Waals surface area contributed by atoms with Gasteiger partial charge in [-0.25, -0.2) is 4.79 Å². The van der Waals surface area contributed by atoms with Crippen molar-refractivity contribution in [1.82, 2.24) is 0 Å². The minimum atomic E-state index is -0.564. The first-order valence-electron chi connectivity index (χ1n) is 5.92. The molecule has 0 spiro atoms. The minimum Gasteiger partial charge on any atom is -0.497 e. The zero-order valence-corrected chi connectivity index (χ0v) is 11.5. The molecule has 5 nitrogen and oxygen atoms in total. The van der Waals surface area contributed by atoms with Crippen molar-refractivity contribution in [2.75, 3.05) is 14.2 Å². The monoisotopic (exact) mass is 266 g/mol. The molecule has 104 valence electrons. The lowest BCUT2D eigenvalue weighted by Gasteiger charge is -2.18. The second-order valence-electron chi connectivity index (χ2n) is 4.15. The molecule has 0 heterocycles. The maximum absolute atomic E-state index is 11.9. The standard InChI is InChI=1S/C14H18O5/c1-9(13(15)18-4)10(2)19-14(16)11-6-5-7-12(8-11)17-3/h5-10H,1-4H3/t9-,10+/m1/s1. The fourth-order valence-electron chi connectivity index (χ4n) is 1.47. The van der Waals surface area contributed by atoms with Crippen LogP contribution in [0.15, 0.2) is 24.3 Å². The average Bonchev–Trinajstić information content (AvgIpc) is 2.45. The third-order valence-corrected chi connectivity index (χ3v) is 2.88. The van der Waals surface area contributed by atoms with Gasteiger partial charge in [0.05, 0.1) is 25.7 Å². The second-order valence-corrected chi connectivity index (χ2v) is 4.15. The first kappa shape index (κ1) is 15.0. The Kier molecular flexibility index (Phi) is 5.36. The summed E-state index contributed by atoms with van der Waals surface area (Å²) in [5.74, 6) is -0.851. The van der Waals surface area contributed by atoms with Gasteiger partial charge in [-0.2, -0.15) is 0 Å². The molecule has 1 aromatic rings. The Bertz CT molecular complexity index is 455. The molecule has 0 aliphatic carbocycles. The number of methoxy groups -OCH3 is 2. The smallest absolute Gasteiger partial charge is 0.338 e. The Morgan fingerprint density at radius 2 is 1.84 bits per heavy atom. The van der Waals surface area contributed by atoms with Gasteiger partial charge in [0.1, 0.15) is 11.9 Å². The van der Waals surface area contributed by atoms with Crippen LogP contribution < -0.4 is 4.74 Å². The third-order valence-electron chi connectivity index (χ3n) is 2.88. The van der Waals surface area contributed by atoms with Gasteiger partial charge in [-0.15, -0.1) is 0 Å². The summed E-state index contributed by atoms with van der Waals surface area (Å²) in [6.07, 6.45) is -0.564. The van der Waals surface area contributed by atoms with Crippen LogP contribution in [0, 0.1) is 5.92 Å². The largest absolute Gasteiger partial charge is 0.497 e. The van der Waals surface area contributed by atoms with E-state index < -0.39 is 24.0 Å². The number of ether oxygens (including phenoxy) is 3. The van der Waals surface area contributed by atoms with E-state index in [0.717, 1.165) is 0 Å². The molecule has 0 saturated heterocycles. The van der Waals surface area contributed by atoms with Crippen molar-refractivity contribution >= 4 is 11.9 Å². The van der Waals surface area contributed by atoms with Crippen LogP contribution in [0.2, 0.25) is 0 Å². The van der Waals surface area contributed by atoms with E-state index >= 15 is 0 Å². The lowest BCUT2D eigenvalue weighted by atomic mass is 10.1. The molecule has 19 heavy (non-hydrogen) atoms. The molecular formula is C14H18O5. The van der Waals surface area contributed by atoms with Crippen molar-refractivity contribution in [2.45, 2.75) is 20.0 Å². The molecule has 0 amide bonds. The van der Waals surface area contributed by atoms with Crippen LogP contribution in [0.1, 0.15) is 24.2 Å². The Morgan fingerprint density at radius 1 is 1.16 bits per heavy atom. The normalized spacial score (nSPS) is 13.3. The van der Waals surface area contributed by atoms with Crippen LogP contribution in [0.5, 0.6) is 5.75 Å². The highest BCUT2D eigenvalue weighted by Gasteiger charge is 2.24. The van der Waals surface area contributed by atoms with E-state index in [-0.39, 0.29) is 0 Å². The summed E-state index contributed by atoms with van der Waals surface area (Å²) in [5, 5.41) is 0. The molecule has 0 fully saturated rings. The van der Waals surface area contributed by atoms with Gasteiger partial charge in [-0.1, -0.05) is 6.07 Å². The summed E-state index contributed by atoms with van der Waals surface area (Å²) < 4.78 is 14.9. The van der Waals surface area contributed by atoms with Gasteiger partial charge >= 0.3 is 11.9 Å². The molecule has 0 radical (unpaired) electrons. The number of esters is 2. The Labute approximate surface area is 112 Å². The molecule has 1 aromatic carbocycles. The van der Waals surface area contributed by atoms with Crippen LogP contribution in [0.4, 0.5) is 0 Å². The summed E-state index contributed by atoms with van der Waals surface area (Å²) in [4.78, 5) is 23.2. The molecule has 0 saturated carbocycles. The van der Waals surface area contributed by atoms with Crippen molar-refractivity contribution < 1.29 is 23.8 Å². The van der Waals surface area contributed by atoms with E-state index in [1.54, 1.807) is 38.1 Å². The van der Waals surface area contributed by atoms with Crippen LogP contribution in [0.25, 0.3) is 0 Å². The number of carbonyl (C=O) groups excluding carboxylic acids is 2. The summed E-state index contributed by atoms with van der Waals surface area (Å²) in [7, 11) is 2.82. The molecule has 2 atom stereocenters. The van der Waals surface area contributed by atoms with E-state index in [9.17, 15) is 9.59 Å². The molecule has 0 unspecified atom stereocenters. The predicted molar refractivity (Wildman–Crippen MR) is 69.1 cm³/mol. The van der Waals surface area contributed by atoms with Crippen molar-refractivity contribution in [3.63, 3.8) is 0 Å². The van der Waals surface area contributed by atoms with E-state index in [2.05, 4.69) is 4.74 Å². The number of hydrogen-bond acceptors (Lipinski definition) is 5. The van der Waals surface area contributed by atoms with E-state index in [1.807, 2.05) is 0 Å². The SMILES string of the molecule is COC(=O)[C@H](C)[C@H](C)OC(=O)c1cccc(OC)c1. The Morgan fingerprint density at radius 3 is 2.42 bits per heavy atom. The number of benzene rings is 1. The third kappa shape index (κ3) is 3.98. The predicted octanol–water partition coefficient (Wildman–Crippen LogP) is 2.05. The van der Waals surface area contributed by atoms with Crippen LogP contribution in [-0.4, -0.2) is 32.3 Å². The van der Waals surface area contributed by atoms with Gasteiger partial charge in [-0.3, -0.25) is 4.79 Å². The van der Waals surface area contributed by atoms with Gasteiger partial charge < -0.3 is 14.2 Å². The topological polar surface area (TPSA) is 61.8 Å². The van der Waals surface area contributed by atoms with Crippen molar-refractivity contribution in [1.29, 1.82) is 0 Å². The van der Waals surface area contributed by atoms with Crippen molar-refractivity contribution in [2.24, 2.45) is 5.92 Å². The zero-order chi connectivity index (χ0) is 14.4. The fourth-order valence-corrected chi connectivity index (χ4v) is 1.47. The maximum Gasteiger partial charge on any atom is 0.338 e. The molecule has 0 aliphatic rings. The number of hydrogen-bond donors (Lipinski definition) is 0. The fraction of sp³-hybridized carbons (Fsp3) is 0.429. The van der Waals surface area contributed by atoms with E-state index in [1.165, 1.54) is 14.2 Å². The highest BCUT2D eigenvalue weighted by molar-refractivity contribution is 5.90. The van der Waals surface area contributed by atoms with Gasteiger partial charge in [0.15, 0.2) is 0 Å². The van der Waals surface area contributed by atoms with Gasteiger partial charge in [0.25, 0.3) is 0 Å². The van der Waals surface area contributed by atoms with Crippen LogP contribution in [0.3, 0.4) is 0 Å². The summed E-state index contributed by atoms with van der Waals surface area (Å²) >= 11 is 0. The van der Waals surface area contributed by atoms with Gasteiger partial charge in [-0.05, 0) is 32.0 Å². The first-order chi connectivity index (χ1) is 8.99.